The third-order valence-corrected chi connectivity index (χ3v) is 4.83. The molecule has 1 aromatic rings. The van der Waals surface area contributed by atoms with Crippen LogP contribution in [0.1, 0.15) is 12.0 Å². The molecule has 0 unspecified atom stereocenters. The molecule has 0 fully saturated rings. The first-order valence-electron chi connectivity index (χ1n) is 5.83. The summed E-state index contributed by atoms with van der Waals surface area (Å²) in [7, 11) is 4.04. The fourth-order valence-electron chi connectivity index (χ4n) is 2.01. The minimum absolute atomic E-state index is 1.07. The number of para-hydroxylation sites is 1. The van der Waals surface area contributed by atoms with E-state index in [1.165, 1.54) is 34.4 Å². The molecule has 0 aromatic heterocycles. The van der Waals surface area contributed by atoms with Crippen LogP contribution in [-0.2, 0) is 19.4 Å². The van der Waals surface area contributed by atoms with E-state index in [4.69, 9.17) is 0 Å². The fraction of sp³-hybridized carbons (Fsp3) is 0.357. The summed E-state index contributed by atoms with van der Waals surface area (Å²) in [4.78, 5) is 2.35. The molecule has 1 aliphatic heterocycles. The number of benzene rings is 1. The SMILES string of the molecule is C[N-]c1ccccc1[C](=[W])C1=CCN(C)CC1. The van der Waals surface area contributed by atoms with E-state index in [2.05, 4.69) is 47.6 Å². The van der Waals surface area contributed by atoms with Crippen LogP contribution in [0.15, 0.2) is 35.9 Å². The molecule has 1 aliphatic rings. The Labute approximate surface area is 114 Å². The average molecular weight is 397 g/mol. The monoisotopic (exact) mass is 397 g/mol. The molecular weight excluding hydrogens is 380 g/mol. The van der Waals surface area contributed by atoms with Crippen molar-refractivity contribution in [1.29, 1.82) is 0 Å². The molecule has 0 radical (unpaired) electrons. The normalized spacial score (nSPS) is 16.5. The first kappa shape index (κ1) is 12.7. The van der Waals surface area contributed by atoms with Crippen LogP contribution in [0.2, 0.25) is 0 Å². The molecule has 0 atom stereocenters. The average Bonchev–Trinajstić information content (AvgIpc) is 2.39. The molecule has 0 aliphatic carbocycles. The molecule has 17 heavy (non-hydrogen) atoms. The van der Waals surface area contributed by atoms with Gasteiger partial charge in [-0.2, -0.15) is 0 Å². The van der Waals surface area contributed by atoms with Crippen molar-refractivity contribution in [3.8, 4) is 0 Å². The zero-order chi connectivity index (χ0) is 12.3. The van der Waals surface area contributed by atoms with Gasteiger partial charge in [0.1, 0.15) is 0 Å². The van der Waals surface area contributed by atoms with Crippen molar-refractivity contribution in [3.63, 3.8) is 0 Å². The van der Waals surface area contributed by atoms with Crippen LogP contribution in [0.4, 0.5) is 5.69 Å². The van der Waals surface area contributed by atoms with Crippen LogP contribution in [0, 0.1) is 0 Å². The topological polar surface area (TPSA) is 17.3 Å². The first-order valence-corrected chi connectivity index (χ1v) is 7.30. The maximum atomic E-state index is 4.36. The van der Waals surface area contributed by atoms with Crippen molar-refractivity contribution in [1.82, 2.24) is 4.90 Å². The number of hydrogen-bond donors (Lipinski definition) is 0. The number of nitrogens with zero attached hydrogens (tertiary/aromatic N) is 2. The molecule has 0 amide bonds. The van der Waals surface area contributed by atoms with Crippen molar-refractivity contribution in [3.05, 3.63) is 46.8 Å². The Bertz CT molecular complexity index is 451. The van der Waals surface area contributed by atoms with Gasteiger partial charge in [-0.05, 0) is 0 Å². The third kappa shape index (κ3) is 2.94. The van der Waals surface area contributed by atoms with Crippen LogP contribution >= 0.6 is 0 Å². The molecular formula is C14H17N2W-. The molecule has 0 bridgehead atoms. The molecule has 2 nitrogen and oxygen atoms in total. The van der Waals surface area contributed by atoms with Gasteiger partial charge in [-0.15, -0.1) is 0 Å². The molecule has 1 heterocycles. The zero-order valence-electron chi connectivity index (χ0n) is 10.3. The fourth-order valence-corrected chi connectivity index (χ4v) is 3.30. The Hall–Kier alpha value is -0.722. The van der Waals surface area contributed by atoms with Crippen LogP contribution in [0.25, 0.3) is 5.32 Å². The molecule has 0 spiro atoms. The molecule has 0 saturated heterocycles. The second-order valence-electron chi connectivity index (χ2n) is 4.31. The third-order valence-electron chi connectivity index (χ3n) is 3.09. The van der Waals surface area contributed by atoms with E-state index in [0.29, 0.717) is 0 Å². The minimum atomic E-state index is 1.07. The summed E-state index contributed by atoms with van der Waals surface area (Å²) in [6.45, 7) is 2.23. The summed E-state index contributed by atoms with van der Waals surface area (Å²) in [6, 6.07) is 8.43. The van der Waals surface area contributed by atoms with Gasteiger partial charge in [-0.1, -0.05) is 0 Å². The van der Waals surface area contributed by atoms with Gasteiger partial charge in [0.25, 0.3) is 0 Å². The Morgan fingerprint density at radius 3 is 2.76 bits per heavy atom. The summed E-state index contributed by atoms with van der Waals surface area (Å²) in [5.41, 5.74) is 3.92. The molecule has 3 heteroatoms. The summed E-state index contributed by atoms with van der Waals surface area (Å²) in [5.74, 6) is 0. The van der Waals surface area contributed by atoms with Crippen LogP contribution in [0.3, 0.4) is 0 Å². The number of likely N-dealkylation sites (N-methyl/N-ethyl adjacent to an activating group) is 1. The van der Waals surface area contributed by atoms with E-state index < -0.39 is 0 Å². The Morgan fingerprint density at radius 1 is 1.35 bits per heavy atom. The zero-order valence-corrected chi connectivity index (χ0v) is 13.2. The Kier molecular flexibility index (Phi) is 4.30. The standard InChI is InChI=1S/C14H17N2.W/c1-15-14-6-4-3-5-13(14)11-12-7-9-16(2)10-8-12;/h3-7H,8-10H2,1-2H3;/q-1;. The summed E-state index contributed by atoms with van der Waals surface area (Å²) < 4.78 is 1.46. The van der Waals surface area contributed by atoms with Gasteiger partial charge in [-0.3, -0.25) is 0 Å². The van der Waals surface area contributed by atoms with E-state index in [9.17, 15) is 0 Å². The maximum absolute atomic E-state index is 4.36. The molecule has 0 saturated carbocycles. The van der Waals surface area contributed by atoms with E-state index in [1.807, 2.05) is 7.05 Å². The quantitative estimate of drug-likeness (QED) is 0.767. The van der Waals surface area contributed by atoms with Gasteiger partial charge >= 0.3 is 114 Å². The predicted octanol–water partition coefficient (Wildman–Crippen LogP) is 2.65. The van der Waals surface area contributed by atoms with Crippen molar-refractivity contribution >= 4 is 9.59 Å². The Balaban J connectivity index is 2.25. The summed E-state index contributed by atoms with van der Waals surface area (Å²) >= 11 is 1.53. The van der Waals surface area contributed by atoms with Crippen molar-refractivity contribution in [2.75, 3.05) is 27.2 Å². The molecule has 90 valence electrons. The molecule has 2 rings (SSSR count). The second kappa shape index (κ2) is 5.75. The van der Waals surface area contributed by atoms with E-state index in [1.54, 1.807) is 0 Å². The van der Waals surface area contributed by atoms with E-state index in [-0.39, 0.29) is 0 Å². The summed E-state index contributed by atoms with van der Waals surface area (Å²) in [6.07, 6.45) is 3.52. The number of hydrogen-bond acceptors (Lipinski definition) is 1. The molecule has 0 N–H and O–H groups in total. The van der Waals surface area contributed by atoms with Gasteiger partial charge in [0, 0.05) is 0 Å². The summed E-state index contributed by atoms with van der Waals surface area (Å²) in [5, 5.41) is 4.36. The van der Waals surface area contributed by atoms with E-state index in [0.717, 1.165) is 25.2 Å². The van der Waals surface area contributed by atoms with E-state index >= 15 is 0 Å². The van der Waals surface area contributed by atoms with Gasteiger partial charge in [0.15, 0.2) is 0 Å². The van der Waals surface area contributed by atoms with Gasteiger partial charge < -0.3 is 0 Å². The number of rotatable bonds is 3. The van der Waals surface area contributed by atoms with Crippen LogP contribution in [-0.4, -0.2) is 36.0 Å². The predicted molar refractivity (Wildman–Crippen MR) is 69.7 cm³/mol. The van der Waals surface area contributed by atoms with Crippen LogP contribution < -0.4 is 0 Å². The van der Waals surface area contributed by atoms with Crippen molar-refractivity contribution in [2.24, 2.45) is 0 Å². The van der Waals surface area contributed by atoms with Crippen LogP contribution in [0.5, 0.6) is 0 Å². The first-order chi connectivity index (χ1) is 8.22. The van der Waals surface area contributed by atoms with Gasteiger partial charge in [0.2, 0.25) is 0 Å². The van der Waals surface area contributed by atoms with Crippen molar-refractivity contribution < 1.29 is 19.4 Å². The molecule has 1 aromatic carbocycles. The van der Waals surface area contributed by atoms with Crippen molar-refractivity contribution in [2.45, 2.75) is 6.42 Å². The second-order valence-corrected chi connectivity index (χ2v) is 5.78. The Morgan fingerprint density at radius 2 is 2.12 bits per heavy atom. The van der Waals surface area contributed by atoms with Gasteiger partial charge in [0.05, 0.1) is 0 Å². The van der Waals surface area contributed by atoms with Gasteiger partial charge in [-0.25, -0.2) is 0 Å².